The van der Waals surface area contributed by atoms with E-state index in [9.17, 15) is 14.4 Å². The number of hydrogen-bond donors (Lipinski definition) is 0. The molecule has 6 nitrogen and oxygen atoms in total. The van der Waals surface area contributed by atoms with Crippen LogP contribution in [-0.4, -0.2) is 35.2 Å². The third-order valence-corrected chi connectivity index (χ3v) is 6.86. The van der Waals surface area contributed by atoms with Crippen LogP contribution in [0.3, 0.4) is 0 Å². The molecule has 0 rings (SSSR count). The van der Waals surface area contributed by atoms with Gasteiger partial charge in [-0.1, -0.05) is 0 Å². The second kappa shape index (κ2) is 11.3. The van der Waals surface area contributed by atoms with Crippen molar-refractivity contribution < 1.29 is 25.0 Å². The van der Waals surface area contributed by atoms with Crippen LogP contribution >= 0.6 is 47.8 Å². The van der Waals surface area contributed by atoms with Gasteiger partial charge in [0.05, 0.1) is 0 Å². The first kappa shape index (κ1) is 21.7. The van der Waals surface area contributed by atoms with Crippen molar-refractivity contribution in [1.82, 2.24) is 0 Å². The van der Waals surface area contributed by atoms with Gasteiger partial charge < -0.3 is 0 Å². The molecule has 22 heavy (non-hydrogen) atoms. The zero-order valence-corrected chi connectivity index (χ0v) is 19.1. The quantitative estimate of drug-likeness (QED) is 0.365. The molecule has 0 aromatic rings. The molecule has 0 unspecified atom stereocenters. The van der Waals surface area contributed by atoms with Gasteiger partial charge in [-0.2, -0.15) is 0 Å². The molecule has 0 atom stereocenters. The molecule has 0 aromatic heterocycles. The van der Waals surface area contributed by atoms with Crippen molar-refractivity contribution in [2.75, 3.05) is 0 Å². The van der Waals surface area contributed by atoms with E-state index >= 15 is 0 Å². The van der Waals surface area contributed by atoms with E-state index in [-0.39, 0.29) is 13.4 Å². The second-order valence-electron chi connectivity index (χ2n) is 3.41. The van der Waals surface area contributed by atoms with Crippen LogP contribution < -0.4 is 0 Å². The summed E-state index contributed by atoms with van der Waals surface area (Å²) in [5, 5.41) is 0. The minimum absolute atomic E-state index is 0.130. The van der Waals surface area contributed by atoms with E-state index in [0.717, 1.165) is 0 Å². The van der Waals surface area contributed by atoms with Gasteiger partial charge in [-0.05, 0) is 0 Å². The van der Waals surface area contributed by atoms with Crippen LogP contribution in [0.4, 0.5) is 0 Å². The van der Waals surface area contributed by atoms with Crippen LogP contribution in [0, 0.1) is 0 Å². The molecule has 0 aromatic carbocycles. The van der Waals surface area contributed by atoms with Crippen LogP contribution in [0.2, 0.25) is 0 Å². The Labute approximate surface area is 159 Å². The van der Waals surface area contributed by atoms with Crippen molar-refractivity contribution in [2.45, 2.75) is 20.8 Å². The van der Waals surface area contributed by atoms with E-state index in [1.54, 1.807) is 20.8 Å². The van der Waals surface area contributed by atoms with Gasteiger partial charge in [0, 0.05) is 0 Å². The molecule has 0 N–H and O–H groups in total. The maximum absolute atomic E-state index is 11.7. The van der Waals surface area contributed by atoms with Crippen molar-refractivity contribution in [1.29, 1.82) is 0 Å². The Bertz CT molecular complexity index is 465. The minimum atomic E-state index is -3.92. The van der Waals surface area contributed by atoms with Crippen LogP contribution in [0.15, 0.2) is 31.7 Å². The zero-order valence-electron chi connectivity index (χ0n) is 11.9. The van der Waals surface area contributed by atoms with Gasteiger partial charge in [0.15, 0.2) is 0 Å². The average Bonchev–Trinajstić information content (AvgIpc) is 2.51. The average molecular weight is 562 g/mol. The Morgan fingerprint density at radius 2 is 0.909 bits per heavy atom. The van der Waals surface area contributed by atoms with Gasteiger partial charge in [-0.25, -0.2) is 0 Å². The fraction of sp³-hybridized carbons (Fsp3) is 0.250. The summed E-state index contributed by atoms with van der Waals surface area (Å²) in [7, 11) is 0. The predicted molar refractivity (Wildman–Crippen MR) is 92.1 cm³/mol. The van der Waals surface area contributed by atoms with Crippen molar-refractivity contribution in [3.63, 3.8) is 0 Å². The molecule has 0 aliphatic rings. The van der Waals surface area contributed by atoms with E-state index in [1.807, 2.05) is 0 Å². The van der Waals surface area contributed by atoms with E-state index in [2.05, 4.69) is 47.8 Å². The third kappa shape index (κ3) is 7.81. The Kier molecular flexibility index (Phi) is 11.1. The van der Waals surface area contributed by atoms with Crippen molar-refractivity contribution in [3.8, 4) is 0 Å². The first-order valence-electron chi connectivity index (χ1n) is 5.85. The molecular formula is C12H12Br3GaO6. The summed E-state index contributed by atoms with van der Waals surface area (Å²) in [5.41, 5.74) is 0. The number of rotatable bonds is 6. The Balaban J connectivity index is 5.11. The number of carbonyl (C=O) groups excluding carboxylic acids is 3. The van der Waals surface area contributed by atoms with Gasteiger partial charge in [-0.15, -0.1) is 0 Å². The van der Waals surface area contributed by atoms with E-state index < -0.39 is 35.2 Å². The van der Waals surface area contributed by atoms with Crippen LogP contribution in [0.5, 0.6) is 0 Å². The van der Waals surface area contributed by atoms with Crippen molar-refractivity contribution in [2.24, 2.45) is 0 Å². The molecule has 0 heterocycles. The SMILES string of the molecule is C/C=C(\Br)C(=O)[O][Ga]([O]C(=O)/C(Br)=C/C)[O]C(=O)/C(Br)=C/C. The van der Waals surface area contributed by atoms with Gasteiger partial charge in [0.1, 0.15) is 0 Å². The first-order chi connectivity index (χ1) is 10.3. The third-order valence-electron chi connectivity index (χ3n) is 1.96. The molecule has 0 spiro atoms. The van der Waals surface area contributed by atoms with Crippen molar-refractivity contribution in [3.05, 3.63) is 31.7 Å². The number of allylic oxidation sites excluding steroid dienone is 3. The summed E-state index contributed by atoms with van der Waals surface area (Å²) in [4.78, 5) is 35.1. The number of carbonyl (C=O) groups is 3. The first-order valence-corrected chi connectivity index (χ1v) is 11.2. The predicted octanol–water partition coefficient (Wildman–Crippen LogP) is 3.50. The summed E-state index contributed by atoms with van der Waals surface area (Å²) < 4.78 is 15.3. The molecule has 0 aliphatic carbocycles. The summed E-state index contributed by atoms with van der Waals surface area (Å²) in [6.45, 7) is 4.83. The Morgan fingerprint density at radius 1 is 0.682 bits per heavy atom. The van der Waals surface area contributed by atoms with E-state index in [1.165, 1.54) is 18.2 Å². The van der Waals surface area contributed by atoms with Gasteiger partial charge in [-0.3, -0.25) is 0 Å². The fourth-order valence-electron chi connectivity index (χ4n) is 0.857. The van der Waals surface area contributed by atoms with Gasteiger partial charge in [0.25, 0.3) is 0 Å². The summed E-state index contributed by atoms with van der Waals surface area (Å²) in [6.07, 6.45) is 4.36. The van der Waals surface area contributed by atoms with Gasteiger partial charge in [0.2, 0.25) is 0 Å². The normalized spacial score (nSPS) is 12.5. The molecule has 120 valence electrons. The molecule has 0 bridgehead atoms. The molecular weight excluding hydrogens is 550 g/mol. The second-order valence-corrected chi connectivity index (χ2v) is 8.67. The molecule has 0 saturated carbocycles. The molecule has 0 aliphatic heterocycles. The topological polar surface area (TPSA) is 78.9 Å². The molecule has 0 amide bonds. The maximum atomic E-state index is 11.7. The van der Waals surface area contributed by atoms with E-state index in [4.69, 9.17) is 10.6 Å². The standard InChI is InChI=1S/3C4H5BrO2.Ga/c3*1-2-3(5)4(6)7;/h3*2H,1H3,(H,6,7);/q;;;+3/p-3/b3*3-2-;. The Morgan fingerprint density at radius 3 is 1.09 bits per heavy atom. The molecule has 0 radical (unpaired) electrons. The van der Waals surface area contributed by atoms with Crippen LogP contribution in [-0.2, 0) is 25.0 Å². The number of halogens is 3. The van der Waals surface area contributed by atoms with E-state index in [0.29, 0.717) is 0 Å². The Hall–Kier alpha value is -0.294. The summed E-state index contributed by atoms with van der Waals surface area (Å²) >= 11 is 5.03. The molecule has 0 fully saturated rings. The molecule has 0 saturated heterocycles. The van der Waals surface area contributed by atoms with Crippen LogP contribution in [0.1, 0.15) is 20.8 Å². The summed E-state index contributed by atoms with van der Waals surface area (Å²) in [5.74, 6) is -2.33. The molecule has 10 heteroatoms. The monoisotopic (exact) mass is 558 g/mol. The zero-order chi connectivity index (χ0) is 17.3. The summed E-state index contributed by atoms with van der Waals surface area (Å²) in [6, 6.07) is 0. The number of hydrogen-bond acceptors (Lipinski definition) is 6. The van der Waals surface area contributed by atoms with Gasteiger partial charge >= 0.3 is 160 Å². The fourth-order valence-corrected chi connectivity index (χ4v) is 4.43. The van der Waals surface area contributed by atoms with Crippen LogP contribution in [0.25, 0.3) is 0 Å². The van der Waals surface area contributed by atoms with Crippen molar-refractivity contribution >= 4 is 83.0 Å².